The summed E-state index contributed by atoms with van der Waals surface area (Å²) in [5.74, 6) is 0.613. The number of carbonyl (C=O) groups excluding carboxylic acids is 1. The van der Waals surface area contributed by atoms with Crippen LogP contribution in [0.5, 0.6) is 0 Å². The molecular weight excluding hydrogens is 348 g/mol. The van der Waals surface area contributed by atoms with E-state index in [0.29, 0.717) is 12.5 Å². The number of rotatable bonds is 4. The predicted octanol–water partition coefficient (Wildman–Crippen LogP) is 3.77. The Morgan fingerprint density at radius 3 is 2.64 bits per heavy atom. The van der Waals surface area contributed by atoms with Crippen molar-refractivity contribution in [3.63, 3.8) is 0 Å². The summed E-state index contributed by atoms with van der Waals surface area (Å²) >= 11 is 0. The number of nitrogens with zero attached hydrogens (tertiary/aromatic N) is 3. The molecule has 1 N–H and O–H groups in total. The van der Waals surface area contributed by atoms with Gasteiger partial charge in [-0.2, -0.15) is 5.10 Å². The summed E-state index contributed by atoms with van der Waals surface area (Å²) in [6.07, 6.45) is 1.89. The first-order valence-corrected chi connectivity index (χ1v) is 10.0. The number of hydrogen-bond donors (Lipinski definition) is 1. The van der Waals surface area contributed by atoms with Gasteiger partial charge in [0.15, 0.2) is 0 Å². The molecule has 0 aliphatic carbocycles. The van der Waals surface area contributed by atoms with Gasteiger partial charge in [-0.05, 0) is 55.2 Å². The van der Waals surface area contributed by atoms with Gasteiger partial charge in [0.25, 0.3) is 0 Å². The molecule has 4 rings (SSSR count). The summed E-state index contributed by atoms with van der Waals surface area (Å²) in [4.78, 5) is 15.1. The number of benzene rings is 2. The first-order chi connectivity index (χ1) is 13.4. The van der Waals surface area contributed by atoms with Gasteiger partial charge in [0, 0.05) is 25.0 Å². The Balaban J connectivity index is 1.77. The molecule has 1 amide bonds. The van der Waals surface area contributed by atoms with Crippen molar-refractivity contribution in [3.8, 4) is 5.69 Å². The van der Waals surface area contributed by atoms with Gasteiger partial charge >= 0.3 is 0 Å². The van der Waals surface area contributed by atoms with Gasteiger partial charge in [0.1, 0.15) is 6.04 Å². The molecule has 1 aliphatic heterocycles. The SMILES string of the molecule is Cc1ccc(-n2ncc3cc(C4C(=O)NCCN4CC(C)C)c(C)cc32)cc1. The second-order valence-corrected chi connectivity index (χ2v) is 8.24. The molecule has 0 spiro atoms. The minimum Gasteiger partial charge on any atom is -0.353 e. The van der Waals surface area contributed by atoms with Gasteiger partial charge in [0.2, 0.25) is 5.91 Å². The molecule has 1 fully saturated rings. The average molecular weight is 377 g/mol. The number of amides is 1. The van der Waals surface area contributed by atoms with E-state index in [0.717, 1.165) is 40.8 Å². The smallest absolute Gasteiger partial charge is 0.242 e. The molecule has 1 unspecified atom stereocenters. The highest BCUT2D eigenvalue weighted by atomic mass is 16.2. The van der Waals surface area contributed by atoms with E-state index in [1.165, 1.54) is 5.56 Å². The topological polar surface area (TPSA) is 50.2 Å². The first-order valence-electron chi connectivity index (χ1n) is 10.0. The molecule has 5 heteroatoms. The molecule has 1 atom stereocenters. The lowest BCUT2D eigenvalue weighted by Crippen LogP contribution is -2.51. The van der Waals surface area contributed by atoms with Crippen molar-refractivity contribution in [2.24, 2.45) is 5.92 Å². The highest BCUT2D eigenvalue weighted by molar-refractivity contribution is 5.88. The Morgan fingerprint density at radius 2 is 1.93 bits per heavy atom. The lowest BCUT2D eigenvalue weighted by molar-refractivity contribution is -0.129. The summed E-state index contributed by atoms with van der Waals surface area (Å²) in [6, 6.07) is 12.4. The Labute approximate surface area is 166 Å². The lowest BCUT2D eigenvalue weighted by atomic mass is 9.95. The third-order valence-corrected chi connectivity index (χ3v) is 5.44. The molecule has 5 nitrogen and oxygen atoms in total. The number of aryl methyl sites for hydroxylation is 2. The largest absolute Gasteiger partial charge is 0.353 e. The van der Waals surface area contributed by atoms with Crippen molar-refractivity contribution in [1.29, 1.82) is 0 Å². The standard InChI is InChI=1S/C23H28N4O/c1-15(2)14-26-10-9-24-23(28)22(26)20-12-18-13-25-27(21(18)11-17(20)4)19-7-5-16(3)6-8-19/h5-8,11-13,15,22H,9-10,14H2,1-4H3,(H,24,28). The van der Waals surface area contributed by atoms with Gasteiger partial charge in [-0.25, -0.2) is 4.68 Å². The van der Waals surface area contributed by atoms with Crippen LogP contribution in [0.2, 0.25) is 0 Å². The number of fused-ring (bicyclic) bond motifs is 1. The third kappa shape index (κ3) is 3.42. The maximum absolute atomic E-state index is 12.8. The van der Waals surface area contributed by atoms with E-state index in [1.807, 2.05) is 10.9 Å². The molecule has 1 aliphatic rings. The zero-order chi connectivity index (χ0) is 19.8. The number of aromatic nitrogens is 2. The van der Waals surface area contributed by atoms with E-state index in [9.17, 15) is 4.79 Å². The maximum atomic E-state index is 12.8. The van der Waals surface area contributed by atoms with Crippen LogP contribution < -0.4 is 5.32 Å². The van der Waals surface area contributed by atoms with E-state index in [4.69, 9.17) is 0 Å². The van der Waals surface area contributed by atoms with Gasteiger partial charge in [-0.15, -0.1) is 0 Å². The number of carbonyl (C=O) groups is 1. The van der Waals surface area contributed by atoms with Crippen LogP contribution in [0.3, 0.4) is 0 Å². The Morgan fingerprint density at radius 1 is 1.18 bits per heavy atom. The van der Waals surface area contributed by atoms with E-state index in [2.05, 4.69) is 79.4 Å². The normalized spacial score (nSPS) is 18.0. The molecule has 3 aromatic rings. The molecule has 146 valence electrons. The monoisotopic (exact) mass is 376 g/mol. The fourth-order valence-corrected chi connectivity index (χ4v) is 4.10. The fraction of sp³-hybridized carbons (Fsp3) is 0.391. The first kappa shape index (κ1) is 18.7. The number of nitrogens with one attached hydrogen (secondary N) is 1. The highest BCUT2D eigenvalue weighted by Crippen LogP contribution is 2.31. The predicted molar refractivity (Wildman–Crippen MR) is 113 cm³/mol. The van der Waals surface area contributed by atoms with Crippen LogP contribution in [-0.4, -0.2) is 40.2 Å². The van der Waals surface area contributed by atoms with Gasteiger partial charge < -0.3 is 5.32 Å². The van der Waals surface area contributed by atoms with Crippen molar-refractivity contribution in [3.05, 3.63) is 59.3 Å². The van der Waals surface area contributed by atoms with Crippen LogP contribution in [0.1, 0.15) is 36.6 Å². The summed E-state index contributed by atoms with van der Waals surface area (Å²) in [5.41, 5.74) is 5.54. The van der Waals surface area contributed by atoms with Crippen LogP contribution in [0.25, 0.3) is 16.6 Å². The van der Waals surface area contributed by atoms with Crippen LogP contribution in [0.15, 0.2) is 42.6 Å². The molecule has 1 aromatic heterocycles. The second kappa shape index (κ2) is 7.40. The van der Waals surface area contributed by atoms with E-state index >= 15 is 0 Å². The maximum Gasteiger partial charge on any atom is 0.242 e. The third-order valence-electron chi connectivity index (χ3n) is 5.44. The zero-order valence-corrected chi connectivity index (χ0v) is 17.1. The average Bonchev–Trinajstić information content (AvgIpc) is 3.04. The Hall–Kier alpha value is -2.66. The summed E-state index contributed by atoms with van der Waals surface area (Å²) in [7, 11) is 0. The van der Waals surface area contributed by atoms with Crippen molar-refractivity contribution in [2.45, 2.75) is 33.7 Å². The van der Waals surface area contributed by atoms with Crippen molar-refractivity contribution >= 4 is 16.8 Å². The number of hydrogen-bond acceptors (Lipinski definition) is 3. The summed E-state index contributed by atoms with van der Waals surface area (Å²) < 4.78 is 1.97. The van der Waals surface area contributed by atoms with Gasteiger partial charge in [-0.1, -0.05) is 31.5 Å². The quantitative estimate of drug-likeness (QED) is 0.754. The zero-order valence-electron chi connectivity index (χ0n) is 17.1. The number of piperazine rings is 1. The van der Waals surface area contributed by atoms with E-state index < -0.39 is 0 Å². The molecule has 0 bridgehead atoms. The van der Waals surface area contributed by atoms with Crippen LogP contribution in [0, 0.1) is 19.8 Å². The minimum absolute atomic E-state index is 0.0975. The minimum atomic E-state index is -0.233. The van der Waals surface area contributed by atoms with Gasteiger partial charge in [0.05, 0.1) is 17.4 Å². The van der Waals surface area contributed by atoms with E-state index in [1.54, 1.807) is 0 Å². The molecule has 2 aromatic carbocycles. The molecule has 2 heterocycles. The van der Waals surface area contributed by atoms with E-state index in [-0.39, 0.29) is 11.9 Å². The highest BCUT2D eigenvalue weighted by Gasteiger charge is 2.32. The molecular formula is C23H28N4O. The molecule has 0 saturated carbocycles. The summed E-state index contributed by atoms with van der Waals surface area (Å²) in [5, 5.41) is 8.71. The van der Waals surface area contributed by atoms with Gasteiger partial charge in [-0.3, -0.25) is 9.69 Å². The van der Waals surface area contributed by atoms with Crippen LogP contribution in [0.4, 0.5) is 0 Å². The van der Waals surface area contributed by atoms with Crippen molar-refractivity contribution in [2.75, 3.05) is 19.6 Å². The summed E-state index contributed by atoms with van der Waals surface area (Å²) in [6.45, 7) is 11.1. The van der Waals surface area contributed by atoms with Crippen LogP contribution >= 0.6 is 0 Å². The van der Waals surface area contributed by atoms with Crippen LogP contribution in [-0.2, 0) is 4.79 Å². The Kier molecular flexibility index (Phi) is 4.94. The fourth-order valence-electron chi connectivity index (χ4n) is 4.10. The van der Waals surface area contributed by atoms with Crippen molar-refractivity contribution < 1.29 is 4.79 Å². The lowest BCUT2D eigenvalue weighted by Gasteiger charge is -2.37. The second-order valence-electron chi connectivity index (χ2n) is 8.24. The molecule has 28 heavy (non-hydrogen) atoms. The van der Waals surface area contributed by atoms with Crippen molar-refractivity contribution in [1.82, 2.24) is 20.0 Å². The molecule has 0 radical (unpaired) electrons. The molecule has 1 saturated heterocycles. The Bertz CT molecular complexity index is 1000.